The van der Waals surface area contributed by atoms with Crippen molar-refractivity contribution in [1.29, 1.82) is 0 Å². The molecular formula is C20H23NO4. The number of benzene rings is 2. The van der Waals surface area contributed by atoms with Crippen molar-refractivity contribution in [3.05, 3.63) is 65.7 Å². The average Bonchev–Trinajstić information content (AvgIpc) is 2.62. The standard InChI is InChI=1S/C20H23NO4/c1-3-21-20(23)15(2)25-19(22)14-24-18-12-8-7-11-17(18)13-16-9-5-4-6-10-16/h4-12,15H,3,13-14H2,1-2H3,(H,21,23)/t15-/m0/s1. The second-order valence-corrected chi connectivity index (χ2v) is 5.59. The minimum Gasteiger partial charge on any atom is -0.482 e. The predicted octanol–water partition coefficient (Wildman–Crippen LogP) is 2.72. The molecule has 5 nitrogen and oxygen atoms in total. The van der Waals surface area contributed by atoms with Crippen LogP contribution >= 0.6 is 0 Å². The summed E-state index contributed by atoms with van der Waals surface area (Å²) >= 11 is 0. The fraction of sp³-hybridized carbons (Fsp3) is 0.300. The maximum Gasteiger partial charge on any atom is 0.344 e. The molecule has 0 spiro atoms. The number of carbonyl (C=O) groups is 2. The highest BCUT2D eigenvalue weighted by atomic mass is 16.6. The van der Waals surface area contributed by atoms with Crippen LogP contribution in [-0.2, 0) is 20.7 Å². The van der Waals surface area contributed by atoms with E-state index in [1.807, 2.05) is 54.6 Å². The summed E-state index contributed by atoms with van der Waals surface area (Å²) in [5, 5.41) is 2.60. The van der Waals surface area contributed by atoms with Gasteiger partial charge in [0.05, 0.1) is 0 Å². The van der Waals surface area contributed by atoms with E-state index in [4.69, 9.17) is 9.47 Å². The molecule has 1 N–H and O–H groups in total. The molecular weight excluding hydrogens is 318 g/mol. The predicted molar refractivity (Wildman–Crippen MR) is 95.4 cm³/mol. The molecule has 0 aliphatic heterocycles. The van der Waals surface area contributed by atoms with Crippen molar-refractivity contribution in [2.24, 2.45) is 0 Å². The highest BCUT2D eigenvalue weighted by Gasteiger charge is 2.17. The molecule has 0 heterocycles. The number of nitrogens with one attached hydrogen (secondary N) is 1. The minimum atomic E-state index is -0.837. The molecule has 25 heavy (non-hydrogen) atoms. The fourth-order valence-electron chi connectivity index (χ4n) is 2.35. The van der Waals surface area contributed by atoms with Crippen molar-refractivity contribution >= 4 is 11.9 Å². The Labute approximate surface area is 148 Å². The molecule has 0 aromatic heterocycles. The summed E-state index contributed by atoms with van der Waals surface area (Å²) in [6, 6.07) is 17.6. The first-order valence-corrected chi connectivity index (χ1v) is 8.32. The number of likely N-dealkylation sites (N-methyl/N-ethyl adjacent to an activating group) is 1. The largest absolute Gasteiger partial charge is 0.482 e. The molecule has 0 saturated carbocycles. The third-order valence-corrected chi connectivity index (χ3v) is 3.58. The summed E-state index contributed by atoms with van der Waals surface area (Å²) in [4.78, 5) is 23.5. The normalized spacial score (nSPS) is 11.4. The zero-order chi connectivity index (χ0) is 18.1. The molecule has 0 radical (unpaired) electrons. The van der Waals surface area contributed by atoms with Gasteiger partial charge in [-0.05, 0) is 31.0 Å². The van der Waals surface area contributed by atoms with Crippen molar-refractivity contribution in [2.45, 2.75) is 26.4 Å². The SMILES string of the molecule is CCNC(=O)[C@H](C)OC(=O)COc1ccccc1Cc1ccccc1. The van der Waals surface area contributed by atoms with Crippen LogP contribution in [0.15, 0.2) is 54.6 Å². The number of para-hydroxylation sites is 1. The zero-order valence-electron chi connectivity index (χ0n) is 14.5. The molecule has 132 valence electrons. The molecule has 1 atom stereocenters. The maximum absolute atomic E-state index is 11.9. The molecule has 0 aliphatic carbocycles. The van der Waals surface area contributed by atoms with Gasteiger partial charge >= 0.3 is 5.97 Å². The van der Waals surface area contributed by atoms with Crippen molar-refractivity contribution in [1.82, 2.24) is 5.32 Å². The average molecular weight is 341 g/mol. The Hall–Kier alpha value is -2.82. The van der Waals surface area contributed by atoms with Crippen molar-refractivity contribution in [3.63, 3.8) is 0 Å². The smallest absolute Gasteiger partial charge is 0.344 e. The Morgan fingerprint density at radius 1 is 1.04 bits per heavy atom. The summed E-state index contributed by atoms with van der Waals surface area (Å²) in [6.45, 7) is 3.59. The highest BCUT2D eigenvalue weighted by Crippen LogP contribution is 2.21. The lowest BCUT2D eigenvalue weighted by molar-refractivity contribution is -0.156. The van der Waals surface area contributed by atoms with Gasteiger partial charge in [-0.1, -0.05) is 48.5 Å². The molecule has 0 saturated heterocycles. The Morgan fingerprint density at radius 2 is 1.72 bits per heavy atom. The number of hydrogen-bond donors (Lipinski definition) is 1. The van der Waals surface area contributed by atoms with Gasteiger partial charge in [0.1, 0.15) is 5.75 Å². The van der Waals surface area contributed by atoms with Crippen LogP contribution < -0.4 is 10.1 Å². The Morgan fingerprint density at radius 3 is 2.44 bits per heavy atom. The number of ether oxygens (including phenoxy) is 2. The van der Waals surface area contributed by atoms with Gasteiger partial charge in [-0.25, -0.2) is 4.79 Å². The molecule has 5 heteroatoms. The molecule has 2 aromatic rings. The van der Waals surface area contributed by atoms with E-state index in [-0.39, 0.29) is 12.5 Å². The Kier molecular flexibility index (Phi) is 7.01. The third kappa shape index (κ3) is 5.95. The summed E-state index contributed by atoms with van der Waals surface area (Å²) in [7, 11) is 0. The van der Waals surface area contributed by atoms with Crippen LogP contribution in [0.1, 0.15) is 25.0 Å². The van der Waals surface area contributed by atoms with Crippen LogP contribution in [0.4, 0.5) is 0 Å². The van der Waals surface area contributed by atoms with E-state index in [0.29, 0.717) is 18.7 Å². The third-order valence-electron chi connectivity index (χ3n) is 3.58. The number of carbonyl (C=O) groups excluding carboxylic acids is 2. The number of rotatable bonds is 8. The van der Waals surface area contributed by atoms with Gasteiger partial charge in [-0.3, -0.25) is 4.79 Å². The van der Waals surface area contributed by atoms with E-state index in [1.54, 1.807) is 6.92 Å². The Balaban J connectivity index is 1.92. The molecule has 0 aliphatic rings. The van der Waals surface area contributed by atoms with E-state index in [0.717, 1.165) is 11.1 Å². The van der Waals surface area contributed by atoms with Crippen LogP contribution in [0, 0.1) is 0 Å². The fourth-order valence-corrected chi connectivity index (χ4v) is 2.35. The number of amides is 1. The number of hydrogen-bond acceptors (Lipinski definition) is 4. The van der Waals surface area contributed by atoms with E-state index >= 15 is 0 Å². The van der Waals surface area contributed by atoms with E-state index < -0.39 is 12.1 Å². The quantitative estimate of drug-likeness (QED) is 0.750. The van der Waals surface area contributed by atoms with E-state index in [1.165, 1.54) is 6.92 Å². The monoisotopic (exact) mass is 341 g/mol. The summed E-state index contributed by atoms with van der Waals surface area (Å²) < 4.78 is 10.7. The van der Waals surface area contributed by atoms with Gasteiger partial charge in [0, 0.05) is 13.0 Å². The van der Waals surface area contributed by atoms with E-state index in [2.05, 4.69) is 5.32 Å². The minimum absolute atomic E-state index is 0.241. The number of esters is 1. The molecule has 2 rings (SSSR count). The van der Waals surface area contributed by atoms with E-state index in [9.17, 15) is 9.59 Å². The topological polar surface area (TPSA) is 64.6 Å². The Bertz CT molecular complexity index is 700. The van der Waals surface area contributed by atoms with Crippen LogP contribution in [-0.4, -0.2) is 31.1 Å². The first kappa shape index (κ1) is 18.5. The molecule has 0 unspecified atom stereocenters. The van der Waals surface area contributed by atoms with Crippen LogP contribution in [0.2, 0.25) is 0 Å². The van der Waals surface area contributed by atoms with Crippen LogP contribution in [0.25, 0.3) is 0 Å². The summed E-state index contributed by atoms with van der Waals surface area (Å²) in [5.74, 6) is -0.262. The lowest BCUT2D eigenvalue weighted by Crippen LogP contribution is -2.36. The zero-order valence-corrected chi connectivity index (χ0v) is 14.5. The lowest BCUT2D eigenvalue weighted by Gasteiger charge is -2.14. The molecule has 0 fully saturated rings. The lowest BCUT2D eigenvalue weighted by atomic mass is 10.0. The second kappa shape index (κ2) is 9.47. The van der Waals surface area contributed by atoms with Crippen molar-refractivity contribution in [3.8, 4) is 5.75 Å². The summed E-state index contributed by atoms with van der Waals surface area (Å²) in [5.41, 5.74) is 2.14. The van der Waals surface area contributed by atoms with Crippen molar-refractivity contribution in [2.75, 3.05) is 13.2 Å². The van der Waals surface area contributed by atoms with Gasteiger partial charge < -0.3 is 14.8 Å². The molecule has 2 aromatic carbocycles. The van der Waals surface area contributed by atoms with Gasteiger partial charge in [0.2, 0.25) is 0 Å². The highest BCUT2D eigenvalue weighted by molar-refractivity contribution is 5.83. The molecule has 0 bridgehead atoms. The van der Waals surface area contributed by atoms with Gasteiger partial charge in [0.15, 0.2) is 12.7 Å². The van der Waals surface area contributed by atoms with Gasteiger partial charge in [0.25, 0.3) is 5.91 Å². The first-order chi connectivity index (χ1) is 12.1. The first-order valence-electron chi connectivity index (χ1n) is 8.32. The maximum atomic E-state index is 11.9. The van der Waals surface area contributed by atoms with Crippen LogP contribution in [0.5, 0.6) is 5.75 Å². The van der Waals surface area contributed by atoms with Gasteiger partial charge in [-0.2, -0.15) is 0 Å². The van der Waals surface area contributed by atoms with Gasteiger partial charge in [-0.15, -0.1) is 0 Å². The summed E-state index contributed by atoms with van der Waals surface area (Å²) in [6.07, 6.45) is -0.128. The molecule has 1 amide bonds. The second-order valence-electron chi connectivity index (χ2n) is 5.59. The van der Waals surface area contributed by atoms with Crippen LogP contribution in [0.3, 0.4) is 0 Å². The van der Waals surface area contributed by atoms with Crippen molar-refractivity contribution < 1.29 is 19.1 Å².